The van der Waals surface area contributed by atoms with Crippen LogP contribution in [0.4, 0.5) is 0 Å². The van der Waals surface area contributed by atoms with Gasteiger partial charge in [-0.25, -0.2) is 4.98 Å². The molecule has 0 saturated carbocycles. The summed E-state index contributed by atoms with van der Waals surface area (Å²) in [5.41, 5.74) is 2.51. The van der Waals surface area contributed by atoms with Gasteiger partial charge >= 0.3 is 0 Å². The minimum Gasteiger partial charge on any atom is -0.336 e. The average molecular weight is 391 g/mol. The van der Waals surface area contributed by atoms with Gasteiger partial charge in [0.2, 0.25) is 0 Å². The molecule has 0 N–H and O–H groups in total. The molecule has 0 saturated heterocycles. The lowest BCUT2D eigenvalue weighted by atomic mass is 10.1. The van der Waals surface area contributed by atoms with Gasteiger partial charge in [-0.05, 0) is 36.1 Å². The third-order valence-electron chi connectivity index (χ3n) is 4.05. The first-order valence-corrected chi connectivity index (χ1v) is 10.1. The summed E-state index contributed by atoms with van der Waals surface area (Å²) in [6.07, 6.45) is 7.72. The molecule has 1 aromatic heterocycles. The van der Waals surface area contributed by atoms with Crippen molar-refractivity contribution in [1.29, 1.82) is 0 Å². The average Bonchev–Trinajstić information content (AvgIpc) is 3.12. The largest absolute Gasteiger partial charge is 0.336 e. The number of hydrogen-bond donors (Lipinski definition) is 0. The van der Waals surface area contributed by atoms with Crippen LogP contribution in [0, 0.1) is 0 Å². The van der Waals surface area contributed by atoms with E-state index in [4.69, 9.17) is 23.2 Å². The monoisotopic (exact) mass is 390 g/mol. The van der Waals surface area contributed by atoms with E-state index in [0.717, 1.165) is 35.7 Å². The van der Waals surface area contributed by atoms with E-state index in [2.05, 4.69) is 39.9 Å². The number of aromatic nitrogens is 2. The summed E-state index contributed by atoms with van der Waals surface area (Å²) < 4.78 is 2.14. The van der Waals surface area contributed by atoms with E-state index < -0.39 is 0 Å². The molecular formula is C20H20Cl2N2S. The molecule has 3 rings (SSSR count). The molecule has 3 aromatic rings. The van der Waals surface area contributed by atoms with Crippen LogP contribution >= 0.6 is 35.0 Å². The molecule has 0 radical (unpaired) electrons. The maximum absolute atomic E-state index is 6.32. The molecule has 25 heavy (non-hydrogen) atoms. The number of thioether (sulfide) groups is 1. The third kappa shape index (κ3) is 5.81. The fourth-order valence-electron chi connectivity index (χ4n) is 2.69. The molecule has 5 heteroatoms. The van der Waals surface area contributed by atoms with Crippen LogP contribution in [0.1, 0.15) is 17.5 Å². The van der Waals surface area contributed by atoms with Crippen molar-refractivity contribution in [2.45, 2.75) is 30.4 Å². The second kappa shape index (κ2) is 9.33. The Labute approximate surface area is 163 Å². The maximum atomic E-state index is 6.32. The number of benzene rings is 2. The Balaban J connectivity index is 1.63. The van der Waals surface area contributed by atoms with Gasteiger partial charge in [0, 0.05) is 40.0 Å². The van der Waals surface area contributed by atoms with Crippen LogP contribution < -0.4 is 0 Å². The first-order chi connectivity index (χ1) is 12.2. The Hall–Kier alpha value is -1.42. The first-order valence-electron chi connectivity index (χ1n) is 8.26. The Morgan fingerprint density at radius 1 is 1.08 bits per heavy atom. The number of aryl methyl sites for hydroxylation is 1. The van der Waals surface area contributed by atoms with E-state index in [0.29, 0.717) is 10.3 Å². The number of hydrogen-bond acceptors (Lipinski definition) is 2. The van der Waals surface area contributed by atoms with Gasteiger partial charge in [-0.15, -0.1) is 0 Å². The summed E-state index contributed by atoms with van der Waals surface area (Å²) >= 11 is 14.3. The Morgan fingerprint density at radius 2 is 1.92 bits per heavy atom. The molecule has 0 aliphatic carbocycles. The number of halogens is 2. The quantitative estimate of drug-likeness (QED) is 0.460. The fourth-order valence-corrected chi connectivity index (χ4v) is 4.37. The van der Waals surface area contributed by atoms with Crippen LogP contribution in [-0.4, -0.2) is 14.8 Å². The minimum atomic E-state index is 0.487. The van der Waals surface area contributed by atoms with E-state index >= 15 is 0 Å². The first kappa shape index (κ1) is 18.4. The number of imidazole rings is 1. The van der Waals surface area contributed by atoms with Crippen molar-refractivity contribution in [3.63, 3.8) is 0 Å². The van der Waals surface area contributed by atoms with Crippen LogP contribution in [0.5, 0.6) is 0 Å². The summed E-state index contributed by atoms with van der Waals surface area (Å²) in [7, 11) is 0. The van der Waals surface area contributed by atoms with Gasteiger partial charge in [-0.3, -0.25) is 0 Å². The van der Waals surface area contributed by atoms with E-state index in [1.807, 2.05) is 48.7 Å². The van der Waals surface area contributed by atoms with Gasteiger partial charge in [0.1, 0.15) is 0 Å². The van der Waals surface area contributed by atoms with Gasteiger partial charge < -0.3 is 4.57 Å². The Bertz CT molecular complexity index is 776. The predicted molar refractivity (Wildman–Crippen MR) is 109 cm³/mol. The van der Waals surface area contributed by atoms with Crippen molar-refractivity contribution in [3.05, 3.63) is 88.4 Å². The van der Waals surface area contributed by atoms with Crippen LogP contribution in [0.25, 0.3) is 0 Å². The van der Waals surface area contributed by atoms with Crippen LogP contribution in [0.15, 0.2) is 67.3 Å². The van der Waals surface area contributed by atoms with Crippen molar-refractivity contribution in [2.24, 2.45) is 0 Å². The van der Waals surface area contributed by atoms with Crippen molar-refractivity contribution in [1.82, 2.24) is 9.55 Å². The summed E-state index contributed by atoms with van der Waals surface area (Å²) in [4.78, 5) is 4.15. The molecule has 1 atom stereocenters. The summed E-state index contributed by atoms with van der Waals surface area (Å²) in [5.74, 6) is 1.01. The Morgan fingerprint density at radius 3 is 2.64 bits per heavy atom. The normalized spacial score (nSPS) is 12.2. The topological polar surface area (TPSA) is 17.8 Å². The second-order valence-electron chi connectivity index (χ2n) is 5.95. The zero-order chi connectivity index (χ0) is 17.5. The zero-order valence-corrected chi connectivity index (χ0v) is 16.1. The highest BCUT2D eigenvalue weighted by Crippen LogP contribution is 2.27. The molecule has 1 unspecified atom stereocenters. The lowest BCUT2D eigenvalue weighted by Gasteiger charge is -2.18. The zero-order valence-electron chi connectivity index (χ0n) is 13.8. The number of rotatable bonds is 8. The summed E-state index contributed by atoms with van der Waals surface area (Å²) in [6.45, 7) is 0.947. The highest BCUT2D eigenvalue weighted by atomic mass is 35.5. The van der Waals surface area contributed by atoms with Crippen molar-refractivity contribution >= 4 is 35.0 Å². The lowest BCUT2D eigenvalue weighted by Crippen LogP contribution is -2.13. The molecule has 2 aromatic carbocycles. The van der Waals surface area contributed by atoms with Crippen molar-refractivity contribution in [2.75, 3.05) is 0 Å². The van der Waals surface area contributed by atoms with Gasteiger partial charge in [-0.1, -0.05) is 59.6 Å². The highest BCUT2D eigenvalue weighted by Gasteiger charge is 2.12. The smallest absolute Gasteiger partial charge is 0.0946 e. The molecule has 0 amide bonds. The Kier molecular flexibility index (Phi) is 6.85. The SMILES string of the molecule is Clc1ccc(CCC(Cn2ccnc2)SCc2ccccc2)c(Cl)c1. The molecule has 0 fully saturated rings. The highest BCUT2D eigenvalue weighted by molar-refractivity contribution is 7.99. The molecular weight excluding hydrogens is 371 g/mol. The third-order valence-corrected chi connectivity index (χ3v) is 6.00. The van der Waals surface area contributed by atoms with E-state index in [-0.39, 0.29) is 0 Å². The predicted octanol–water partition coefficient (Wildman–Crippen LogP) is 6.12. The minimum absolute atomic E-state index is 0.487. The molecule has 2 nitrogen and oxygen atoms in total. The molecule has 0 bridgehead atoms. The second-order valence-corrected chi connectivity index (χ2v) is 8.08. The van der Waals surface area contributed by atoms with Crippen molar-refractivity contribution < 1.29 is 0 Å². The molecule has 0 aliphatic heterocycles. The molecule has 0 spiro atoms. The van der Waals surface area contributed by atoms with E-state index in [1.165, 1.54) is 5.56 Å². The van der Waals surface area contributed by atoms with Gasteiger partial charge in [0.05, 0.1) is 6.33 Å². The van der Waals surface area contributed by atoms with Crippen molar-refractivity contribution in [3.8, 4) is 0 Å². The van der Waals surface area contributed by atoms with Crippen LogP contribution in [0.2, 0.25) is 10.0 Å². The summed E-state index contributed by atoms with van der Waals surface area (Å²) in [6, 6.07) is 16.4. The standard InChI is InChI=1S/C20H20Cl2N2S/c21-18-8-6-17(20(22)12-18)7-9-19(13-24-11-10-23-15-24)25-14-16-4-2-1-3-5-16/h1-6,8,10-12,15,19H,7,9,13-14H2. The van der Waals surface area contributed by atoms with Gasteiger partial charge in [0.25, 0.3) is 0 Å². The fraction of sp³-hybridized carbons (Fsp3) is 0.250. The van der Waals surface area contributed by atoms with Gasteiger partial charge in [0.15, 0.2) is 0 Å². The maximum Gasteiger partial charge on any atom is 0.0946 e. The number of nitrogens with zero attached hydrogens (tertiary/aromatic N) is 2. The van der Waals surface area contributed by atoms with E-state index in [1.54, 1.807) is 0 Å². The molecule has 130 valence electrons. The van der Waals surface area contributed by atoms with Crippen LogP contribution in [0.3, 0.4) is 0 Å². The van der Waals surface area contributed by atoms with Gasteiger partial charge in [-0.2, -0.15) is 11.8 Å². The summed E-state index contributed by atoms with van der Waals surface area (Å²) in [5, 5.41) is 1.92. The molecule has 0 aliphatic rings. The van der Waals surface area contributed by atoms with E-state index in [9.17, 15) is 0 Å². The van der Waals surface area contributed by atoms with Crippen LogP contribution in [-0.2, 0) is 18.7 Å². The molecule has 1 heterocycles. The lowest BCUT2D eigenvalue weighted by molar-refractivity contribution is 0.624.